The molecule has 2 aromatic carbocycles. The topological polar surface area (TPSA) is 78.3 Å². The minimum atomic E-state index is -0.761. The fourth-order valence-electron chi connectivity index (χ4n) is 1.56. The number of anilines is 1. The summed E-state index contributed by atoms with van der Waals surface area (Å²) in [7, 11) is 0. The maximum atomic E-state index is 13.3. The van der Waals surface area contributed by atoms with Crippen LogP contribution in [-0.4, -0.2) is 5.91 Å². The van der Waals surface area contributed by atoms with Crippen molar-refractivity contribution in [1.82, 2.24) is 0 Å². The maximum Gasteiger partial charge on any atom is 0.252 e. The Bertz CT molecular complexity index is 692. The first-order valence-electron chi connectivity index (χ1n) is 5.40. The number of rotatable bonds is 3. The second-order valence-electron chi connectivity index (χ2n) is 3.92. The molecule has 0 fully saturated rings. The van der Waals surface area contributed by atoms with Crippen LogP contribution in [0.5, 0.6) is 11.5 Å². The fraction of sp³-hybridized carbons (Fsp3) is 0. The molecule has 4 N–H and O–H groups in total. The lowest BCUT2D eigenvalue weighted by atomic mass is 10.1. The number of nitrogen functional groups attached to an aromatic ring is 1. The van der Waals surface area contributed by atoms with E-state index >= 15 is 0 Å². The molecule has 0 unspecified atom stereocenters. The van der Waals surface area contributed by atoms with E-state index in [-0.39, 0.29) is 32.8 Å². The van der Waals surface area contributed by atoms with Crippen LogP contribution in [0.15, 0.2) is 30.3 Å². The molecule has 0 aliphatic carbocycles. The average Bonchev–Trinajstić information content (AvgIpc) is 2.36. The molecule has 0 aliphatic heterocycles. The van der Waals surface area contributed by atoms with E-state index in [1.54, 1.807) is 0 Å². The largest absolute Gasteiger partial charge is 0.455 e. The Morgan fingerprint density at radius 1 is 1.15 bits per heavy atom. The number of carbonyl (C=O) groups is 1. The lowest BCUT2D eigenvalue weighted by Crippen LogP contribution is -2.13. The lowest BCUT2D eigenvalue weighted by molar-refractivity contribution is 0.0998. The van der Waals surface area contributed by atoms with E-state index in [0.29, 0.717) is 0 Å². The number of benzene rings is 2. The molecule has 0 spiro atoms. The van der Waals surface area contributed by atoms with Crippen LogP contribution in [-0.2, 0) is 0 Å². The third-order valence-electron chi connectivity index (χ3n) is 2.44. The van der Waals surface area contributed by atoms with Crippen molar-refractivity contribution in [2.75, 3.05) is 5.73 Å². The van der Waals surface area contributed by atoms with Gasteiger partial charge < -0.3 is 16.2 Å². The van der Waals surface area contributed by atoms with Crippen LogP contribution in [0.2, 0.25) is 10.0 Å². The second kappa shape index (κ2) is 5.56. The smallest absolute Gasteiger partial charge is 0.252 e. The second-order valence-corrected chi connectivity index (χ2v) is 4.74. The summed E-state index contributed by atoms with van der Waals surface area (Å²) in [5, 5.41) is 0.0463. The molecular weight excluding hydrogens is 306 g/mol. The van der Waals surface area contributed by atoms with Crippen LogP contribution < -0.4 is 16.2 Å². The van der Waals surface area contributed by atoms with Crippen molar-refractivity contribution >= 4 is 34.8 Å². The van der Waals surface area contributed by atoms with Crippen LogP contribution in [0.3, 0.4) is 0 Å². The predicted molar refractivity (Wildman–Crippen MR) is 75.9 cm³/mol. The summed E-state index contributed by atoms with van der Waals surface area (Å²) in [6, 6.07) is 6.55. The van der Waals surface area contributed by atoms with E-state index < -0.39 is 11.7 Å². The minimum absolute atomic E-state index is 0.00496. The van der Waals surface area contributed by atoms with Gasteiger partial charge in [0.05, 0.1) is 15.6 Å². The van der Waals surface area contributed by atoms with E-state index in [0.717, 1.165) is 6.07 Å². The predicted octanol–water partition coefficient (Wildman–Crippen LogP) is 3.61. The highest BCUT2D eigenvalue weighted by Crippen LogP contribution is 2.35. The standard InChI is InChI=1S/C13H9Cl2FN2O2/c14-9-2-1-7(5-11(9)16)20-12-8(13(18)19)3-6(17)4-10(12)15/h1-5H,17H2,(H2,18,19). The molecule has 20 heavy (non-hydrogen) atoms. The van der Waals surface area contributed by atoms with E-state index in [9.17, 15) is 9.18 Å². The monoisotopic (exact) mass is 314 g/mol. The third kappa shape index (κ3) is 2.95. The van der Waals surface area contributed by atoms with Gasteiger partial charge in [-0.25, -0.2) is 4.39 Å². The van der Waals surface area contributed by atoms with Crippen molar-refractivity contribution in [2.24, 2.45) is 5.73 Å². The number of halogens is 3. The molecule has 0 atom stereocenters. The molecule has 0 heterocycles. The van der Waals surface area contributed by atoms with E-state index in [1.807, 2.05) is 0 Å². The van der Waals surface area contributed by atoms with Crippen molar-refractivity contribution in [1.29, 1.82) is 0 Å². The van der Waals surface area contributed by atoms with Gasteiger partial charge in [-0.3, -0.25) is 4.79 Å². The van der Waals surface area contributed by atoms with Crippen molar-refractivity contribution in [3.8, 4) is 11.5 Å². The highest BCUT2D eigenvalue weighted by Gasteiger charge is 2.16. The average molecular weight is 315 g/mol. The van der Waals surface area contributed by atoms with Crippen molar-refractivity contribution < 1.29 is 13.9 Å². The van der Waals surface area contributed by atoms with Gasteiger partial charge in [0.15, 0.2) is 5.75 Å². The molecule has 1 amide bonds. The summed E-state index contributed by atoms with van der Waals surface area (Å²) in [6.07, 6.45) is 0. The van der Waals surface area contributed by atoms with Gasteiger partial charge in [-0.2, -0.15) is 0 Å². The Balaban J connectivity index is 2.47. The number of hydrogen-bond donors (Lipinski definition) is 2. The summed E-state index contributed by atoms with van der Waals surface area (Å²) in [5.41, 5.74) is 11.1. The lowest BCUT2D eigenvalue weighted by Gasteiger charge is -2.12. The van der Waals surface area contributed by atoms with Gasteiger partial charge in [0.25, 0.3) is 5.91 Å². The first-order valence-corrected chi connectivity index (χ1v) is 6.16. The molecular formula is C13H9Cl2FN2O2. The van der Waals surface area contributed by atoms with Crippen LogP contribution in [0.1, 0.15) is 10.4 Å². The zero-order valence-electron chi connectivity index (χ0n) is 9.99. The van der Waals surface area contributed by atoms with Crippen LogP contribution in [0, 0.1) is 5.82 Å². The summed E-state index contributed by atoms with van der Waals surface area (Å²) in [5.74, 6) is -1.28. The van der Waals surface area contributed by atoms with Crippen molar-refractivity contribution in [3.63, 3.8) is 0 Å². The van der Waals surface area contributed by atoms with Crippen LogP contribution in [0.4, 0.5) is 10.1 Å². The Morgan fingerprint density at radius 3 is 2.45 bits per heavy atom. The van der Waals surface area contributed by atoms with Crippen molar-refractivity contribution in [3.05, 3.63) is 51.8 Å². The molecule has 104 valence electrons. The van der Waals surface area contributed by atoms with E-state index in [1.165, 1.54) is 24.3 Å². The number of ether oxygens (including phenoxy) is 1. The van der Waals surface area contributed by atoms with Gasteiger partial charge in [0, 0.05) is 11.8 Å². The molecule has 0 saturated carbocycles. The molecule has 0 bridgehead atoms. The first kappa shape index (κ1) is 14.4. The number of carbonyl (C=O) groups excluding carboxylic acids is 1. The summed E-state index contributed by atoms with van der Waals surface area (Å²) in [6.45, 7) is 0. The van der Waals surface area contributed by atoms with Gasteiger partial charge in [0.1, 0.15) is 11.6 Å². The van der Waals surface area contributed by atoms with E-state index in [2.05, 4.69) is 0 Å². The van der Waals surface area contributed by atoms with Gasteiger partial charge in [-0.05, 0) is 24.3 Å². The van der Waals surface area contributed by atoms with Crippen LogP contribution >= 0.6 is 23.2 Å². The summed E-state index contributed by atoms with van der Waals surface area (Å²) in [4.78, 5) is 11.4. The zero-order chi connectivity index (χ0) is 14.9. The number of nitrogens with two attached hydrogens (primary N) is 2. The van der Waals surface area contributed by atoms with E-state index in [4.69, 9.17) is 39.4 Å². The molecule has 0 radical (unpaired) electrons. The number of amides is 1. The summed E-state index contributed by atoms with van der Waals surface area (Å²) < 4.78 is 18.8. The molecule has 2 rings (SSSR count). The Hall–Kier alpha value is -1.98. The Morgan fingerprint density at radius 2 is 1.85 bits per heavy atom. The first-order chi connectivity index (χ1) is 9.38. The van der Waals surface area contributed by atoms with Gasteiger partial charge in [0.2, 0.25) is 0 Å². The molecule has 2 aromatic rings. The molecule has 0 aliphatic rings. The van der Waals surface area contributed by atoms with Crippen molar-refractivity contribution in [2.45, 2.75) is 0 Å². The van der Waals surface area contributed by atoms with Crippen LogP contribution in [0.25, 0.3) is 0 Å². The van der Waals surface area contributed by atoms with Gasteiger partial charge in [-0.1, -0.05) is 23.2 Å². The summed E-state index contributed by atoms with van der Waals surface area (Å²) >= 11 is 11.5. The molecule has 7 heteroatoms. The van der Waals surface area contributed by atoms with Gasteiger partial charge >= 0.3 is 0 Å². The zero-order valence-corrected chi connectivity index (χ0v) is 11.5. The maximum absolute atomic E-state index is 13.3. The Kier molecular flexibility index (Phi) is 4.01. The molecule has 4 nitrogen and oxygen atoms in total. The third-order valence-corrected chi connectivity index (χ3v) is 3.03. The normalized spacial score (nSPS) is 10.3. The number of hydrogen-bond acceptors (Lipinski definition) is 3. The SMILES string of the molecule is NC(=O)c1cc(N)cc(Cl)c1Oc1ccc(Cl)c(F)c1. The minimum Gasteiger partial charge on any atom is -0.455 e. The quantitative estimate of drug-likeness (QED) is 0.849. The fourth-order valence-corrected chi connectivity index (χ4v) is 1.94. The molecule has 0 aromatic heterocycles. The highest BCUT2D eigenvalue weighted by molar-refractivity contribution is 6.33. The van der Waals surface area contributed by atoms with Gasteiger partial charge in [-0.15, -0.1) is 0 Å². The highest BCUT2D eigenvalue weighted by atomic mass is 35.5. The number of primary amides is 1. The Labute approximate surface area is 124 Å². The molecule has 0 saturated heterocycles.